The minimum absolute atomic E-state index is 0. The highest BCUT2D eigenvalue weighted by Crippen LogP contribution is 2.42. The van der Waals surface area contributed by atoms with Crippen LogP contribution in [0.1, 0.15) is 44.0 Å². The third-order valence-electron chi connectivity index (χ3n) is 5.66. The van der Waals surface area contributed by atoms with Gasteiger partial charge in [-0.1, -0.05) is 43.7 Å². The van der Waals surface area contributed by atoms with Crippen molar-refractivity contribution in [2.24, 2.45) is 10.4 Å². The van der Waals surface area contributed by atoms with E-state index < -0.39 is 0 Å². The Labute approximate surface area is 180 Å². The second-order valence-electron chi connectivity index (χ2n) is 7.27. The normalized spacial score (nSPS) is 15.6. The van der Waals surface area contributed by atoms with Crippen LogP contribution >= 0.6 is 24.0 Å². The van der Waals surface area contributed by atoms with E-state index in [9.17, 15) is 0 Å². The molecule has 1 aromatic carbocycles. The molecule has 3 rings (SSSR count). The fourth-order valence-electron chi connectivity index (χ4n) is 3.61. The summed E-state index contributed by atoms with van der Waals surface area (Å²) in [6.45, 7) is 5.00. The molecular weight excluding hydrogens is 449 g/mol. The van der Waals surface area contributed by atoms with Crippen molar-refractivity contribution in [2.75, 3.05) is 20.1 Å². The Morgan fingerprint density at radius 1 is 1.22 bits per heavy atom. The Morgan fingerprint density at radius 2 is 2.00 bits per heavy atom. The van der Waals surface area contributed by atoms with E-state index in [1.165, 1.54) is 31.2 Å². The fourth-order valence-corrected chi connectivity index (χ4v) is 3.61. The molecule has 1 saturated carbocycles. The van der Waals surface area contributed by atoms with Gasteiger partial charge >= 0.3 is 0 Å². The van der Waals surface area contributed by atoms with Crippen LogP contribution in [-0.2, 0) is 13.0 Å². The number of guanidine groups is 1. The van der Waals surface area contributed by atoms with Crippen molar-refractivity contribution in [2.45, 2.75) is 45.6 Å². The van der Waals surface area contributed by atoms with Gasteiger partial charge < -0.3 is 15.2 Å². The Hall–Kier alpha value is -1.57. The van der Waals surface area contributed by atoms with Crippen molar-refractivity contribution in [1.29, 1.82) is 0 Å². The highest BCUT2D eigenvalue weighted by atomic mass is 127. The predicted molar refractivity (Wildman–Crippen MR) is 123 cm³/mol. The molecule has 0 unspecified atom stereocenters. The molecule has 1 aromatic heterocycles. The first-order chi connectivity index (χ1) is 12.7. The Bertz CT molecular complexity index is 701. The van der Waals surface area contributed by atoms with Gasteiger partial charge in [-0.3, -0.25) is 4.99 Å². The minimum Gasteiger partial charge on any atom is -0.356 e. The van der Waals surface area contributed by atoms with Gasteiger partial charge in [0.05, 0.1) is 0 Å². The zero-order chi connectivity index (χ0) is 18.2. The summed E-state index contributed by atoms with van der Waals surface area (Å²) in [4.78, 5) is 8.88. The van der Waals surface area contributed by atoms with Crippen LogP contribution in [0.25, 0.3) is 0 Å². The summed E-state index contributed by atoms with van der Waals surface area (Å²) in [6.07, 6.45) is 10.1. The van der Waals surface area contributed by atoms with Crippen molar-refractivity contribution in [3.63, 3.8) is 0 Å². The van der Waals surface area contributed by atoms with Gasteiger partial charge in [-0.15, -0.1) is 24.0 Å². The van der Waals surface area contributed by atoms with Crippen molar-refractivity contribution < 1.29 is 0 Å². The van der Waals surface area contributed by atoms with Gasteiger partial charge in [0.25, 0.3) is 0 Å². The lowest BCUT2D eigenvalue weighted by Gasteiger charge is -2.41. The standard InChI is InChI=1S/C21H31N5.HI/c1-3-21(11-7-12-21)17-25-20(22-2)24-13-10-19-23-14-15-26(19)16-18-8-5-4-6-9-18;/h4-6,8-9,14-15H,3,7,10-13,16-17H2,1-2H3,(H2,22,24,25);1H. The Balaban J connectivity index is 0.00000261. The van der Waals surface area contributed by atoms with Gasteiger partial charge in [-0.05, 0) is 30.2 Å². The molecular formula is C21H32IN5. The van der Waals surface area contributed by atoms with E-state index in [2.05, 4.69) is 62.6 Å². The lowest BCUT2D eigenvalue weighted by atomic mass is 9.67. The maximum atomic E-state index is 4.52. The summed E-state index contributed by atoms with van der Waals surface area (Å²) >= 11 is 0. The van der Waals surface area contributed by atoms with Crippen molar-refractivity contribution in [3.8, 4) is 0 Å². The first-order valence-electron chi connectivity index (χ1n) is 9.73. The highest BCUT2D eigenvalue weighted by molar-refractivity contribution is 14.0. The molecule has 2 N–H and O–H groups in total. The van der Waals surface area contributed by atoms with Crippen molar-refractivity contribution in [3.05, 3.63) is 54.1 Å². The highest BCUT2D eigenvalue weighted by Gasteiger charge is 2.34. The molecule has 0 bridgehead atoms. The summed E-state index contributed by atoms with van der Waals surface area (Å²) in [5, 5.41) is 6.94. The average Bonchev–Trinajstić information content (AvgIpc) is 3.07. The zero-order valence-corrected chi connectivity index (χ0v) is 18.8. The van der Waals surface area contributed by atoms with Crippen LogP contribution in [0.15, 0.2) is 47.7 Å². The van der Waals surface area contributed by atoms with Crippen LogP contribution in [0.5, 0.6) is 0 Å². The van der Waals surface area contributed by atoms with E-state index in [0.717, 1.165) is 37.8 Å². The van der Waals surface area contributed by atoms with E-state index >= 15 is 0 Å². The SMILES string of the molecule is CCC1(CNC(=NC)NCCc2nccn2Cc2ccccc2)CCC1.I. The first-order valence-corrected chi connectivity index (χ1v) is 9.73. The smallest absolute Gasteiger partial charge is 0.191 e. The molecule has 1 heterocycles. The Kier molecular flexibility index (Phi) is 8.60. The number of benzene rings is 1. The molecule has 0 saturated heterocycles. The molecule has 5 nitrogen and oxygen atoms in total. The van der Waals surface area contributed by atoms with Gasteiger partial charge in [0.2, 0.25) is 0 Å². The van der Waals surface area contributed by atoms with Crippen LogP contribution in [0, 0.1) is 5.41 Å². The van der Waals surface area contributed by atoms with E-state index in [0.29, 0.717) is 5.41 Å². The molecule has 148 valence electrons. The third-order valence-corrected chi connectivity index (χ3v) is 5.66. The summed E-state index contributed by atoms with van der Waals surface area (Å²) < 4.78 is 2.22. The summed E-state index contributed by atoms with van der Waals surface area (Å²) in [5.41, 5.74) is 1.78. The molecule has 0 radical (unpaired) electrons. The number of imidazole rings is 1. The molecule has 0 aliphatic heterocycles. The van der Waals surface area contributed by atoms with Crippen molar-refractivity contribution >= 4 is 29.9 Å². The molecule has 0 spiro atoms. The lowest BCUT2D eigenvalue weighted by Crippen LogP contribution is -2.46. The van der Waals surface area contributed by atoms with E-state index in [4.69, 9.17) is 0 Å². The van der Waals surface area contributed by atoms with Crippen LogP contribution in [0.4, 0.5) is 0 Å². The van der Waals surface area contributed by atoms with Gasteiger partial charge in [0.1, 0.15) is 5.82 Å². The maximum absolute atomic E-state index is 4.52. The number of nitrogens with one attached hydrogen (secondary N) is 2. The third kappa shape index (κ3) is 5.96. The minimum atomic E-state index is 0. The molecule has 0 amide bonds. The molecule has 6 heteroatoms. The number of aliphatic imine (C=N–C) groups is 1. The Morgan fingerprint density at radius 3 is 2.63 bits per heavy atom. The number of rotatable bonds is 8. The maximum Gasteiger partial charge on any atom is 0.191 e. The monoisotopic (exact) mass is 481 g/mol. The van der Waals surface area contributed by atoms with Crippen LogP contribution < -0.4 is 10.6 Å². The number of halogens is 1. The van der Waals surface area contributed by atoms with Gasteiger partial charge in [0.15, 0.2) is 5.96 Å². The van der Waals surface area contributed by atoms with Gasteiger partial charge in [-0.2, -0.15) is 0 Å². The summed E-state index contributed by atoms with van der Waals surface area (Å²) in [7, 11) is 1.84. The number of nitrogens with zero attached hydrogens (tertiary/aromatic N) is 3. The average molecular weight is 481 g/mol. The second kappa shape index (κ2) is 10.7. The van der Waals surface area contributed by atoms with Crippen LogP contribution in [-0.4, -0.2) is 35.6 Å². The molecule has 27 heavy (non-hydrogen) atoms. The van der Waals surface area contributed by atoms with Crippen LogP contribution in [0.3, 0.4) is 0 Å². The lowest BCUT2D eigenvalue weighted by molar-refractivity contribution is 0.131. The molecule has 2 aromatic rings. The predicted octanol–water partition coefficient (Wildman–Crippen LogP) is 3.84. The van der Waals surface area contributed by atoms with Gasteiger partial charge in [0, 0.05) is 45.5 Å². The summed E-state index contributed by atoms with van der Waals surface area (Å²) in [5.74, 6) is 1.99. The first kappa shape index (κ1) is 21.7. The largest absolute Gasteiger partial charge is 0.356 e. The quantitative estimate of drug-likeness (QED) is 0.342. The second-order valence-corrected chi connectivity index (χ2v) is 7.27. The van der Waals surface area contributed by atoms with Crippen molar-refractivity contribution in [1.82, 2.24) is 20.2 Å². The number of hydrogen-bond donors (Lipinski definition) is 2. The topological polar surface area (TPSA) is 54.2 Å². The van der Waals surface area contributed by atoms with Gasteiger partial charge in [-0.25, -0.2) is 4.98 Å². The molecule has 1 aliphatic rings. The zero-order valence-electron chi connectivity index (χ0n) is 16.4. The van der Waals surface area contributed by atoms with E-state index in [1.807, 2.05) is 19.3 Å². The van der Waals surface area contributed by atoms with E-state index in [-0.39, 0.29) is 24.0 Å². The number of hydrogen-bond acceptors (Lipinski definition) is 2. The molecule has 1 fully saturated rings. The van der Waals surface area contributed by atoms with Crippen LogP contribution in [0.2, 0.25) is 0 Å². The summed E-state index contributed by atoms with van der Waals surface area (Å²) in [6, 6.07) is 10.5. The molecule has 1 aliphatic carbocycles. The molecule has 0 atom stereocenters. The fraction of sp³-hybridized carbons (Fsp3) is 0.524. The number of aromatic nitrogens is 2. The van der Waals surface area contributed by atoms with E-state index in [1.54, 1.807) is 0 Å².